The Morgan fingerprint density at radius 2 is 1.80 bits per heavy atom. The Labute approximate surface area is 150 Å². The van der Waals surface area contributed by atoms with E-state index in [0.717, 1.165) is 4.88 Å². The molecule has 3 rings (SSSR count). The third kappa shape index (κ3) is 4.04. The number of amides is 2. The summed E-state index contributed by atoms with van der Waals surface area (Å²) in [6, 6.07) is 3.94. The summed E-state index contributed by atoms with van der Waals surface area (Å²) >= 11 is 1.55. The fraction of sp³-hybridized carbons (Fsp3) is 0.562. The molecule has 1 aliphatic heterocycles. The van der Waals surface area contributed by atoms with Gasteiger partial charge in [-0.2, -0.15) is 0 Å². The molecule has 1 fully saturated rings. The standard InChI is InChI=1S/C16H22N6O2S/c1-16(2,3)13-5-4-12(25-13)15(24)21-8-6-20(7-9-21)14(23)10-22-11-17-18-19-22/h4-5,11H,6-10H2,1-3H3. The first kappa shape index (κ1) is 17.5. The first-order chi connectivity index (χ1) is 11.8. The lowest BCUT2D eigenvalue weighted by molar-refractivity contribution is -0.133. The van der Waals surface area contributed by atoms with Crippen LogP contribution in [0.2, 0.25) is 0 Å². The quantitative estimate of drug-likeness (QED) is 0.814. The smallest absolute Gasteiger partial charge is 0.264 e. The lowest BCUT2D eigenvalue weighted by atomic mass is 9.95. The van der Waals surface area contributed by atoms with Crippen molar-refractivity contribution in [3.63, 3.8) is 0 Å². The Hall–Kier alpha value is -2.29. The number of hydrogen-bond donors (Lipinski definition) is 0. The first-order valence-electron chi connectivity index (χ1n) is 8.23. The largest absolute Gasteiger partial charge is 0.338 e. The van der Waals surface area contributed by atoms with Crippen molar-refractivity contribution < 1.29 is 9.59 Å². The number of thiophene rings is 1. The molecule has 0 atom stereocenters. The fourth-order valence-electron chi connectivity index (χ4n) is 2.66. The minimum Gasteiger partial charge on any atom is -0.338 e. The Morgan fingerprint density at radius 3 is 2.36 bits per heavy atom. The Bertz CT molecular complexity index is 741. The van der Waals surface area contributed by atoms with Crippen LogP contribution in [0.5, 0.6) is 0 Å². The van der Waals surface area contributed by atoms with E-state index in [1.807, 2.05) is 17.0 Å². The molecule has 1 aliphatic rings. The van der Waals surface area contributed by atoms with E-state index in [2.05, 4.69) is 36.3 Å². The molecular weight excluding hydrogens is 340 g/mol. The van der Waals surface area contributed by atoms with E-state index >= 15 is 0 Å². The van der Waals surface area contributed by atoms with Crippen molar-refractivity contribution in [2.45, 2.75) is 32.7 Å². The molecular formula is C16H22N6O2S. The van der Waals surface area contributed by atoms with Gasteiger partial charge in [-0.25, -0.2) is 4.68 Å². The molecule has 1 saturated heterocycles. The SMILES string of the molecule is CC(C)(C)c1ccc(C(=O)N2CCN(C(=O)Cn3cnnn3)CC2)s1. The van der Waals surface area contributed by atoms with Crippen molar-refractivity contribution in [2.24, 2.45) is 0 Å². The third-order valence-corrected chi connectivity index (χ3v) is 5.66. The highest BCUT2D eigenvalue weighted by molar-refractivity contribution is 7.14. The average molecular weight is 362 g/mol. The van der Waals surface area contributed by atoms with Gasteiger partial charge in [0.25, 0.3) is 5.91 Å². The molecule has 2 aromatic rings. The van der Waals surface area contributed by atoms with Crippen LogP contribution in [-0.4, -0.2) is 68.0 Å². The van der Waals surface area contributed by atoms with Crippen molar-refractivity contribution in [1.82, 2.24) is 30.0 Å². The molecule has 0 aliphatic carbocycles. The van der Waals surface area contributed by atoms with Crippen molar-refractivity contribution in [1.29, 1.82) is 0 Å². The van der Waals surface area contributed by atoms with Crippen LogP contribution in [0, 0.1) is 0 Å². The van der Waals surface area contributed by atoms with E-state index in [0.29, 0.717) is 26.2 Å². The lowest BCUT2D eigenvalue weighted by Crippen LogP contribution is -2.51. The minimum absolute atomic E-state index is 0.0365. The second kappa shape index (κ2) is 6.91. The molecule has 134 valence electrons. The number of hydrogen-bond acceptors (Lipinski definition) is 6. The molecule has 0 spiro atoms. The van der Waals surface area contributed by atoms with Crippen LogP contribution in [0.25, 0.3) is 0 Å². The van der Waals surface area contributed by atoms with E-state index in [1.54, 1.807) is 16.2 Å². The highest BCUT2D eigenvalue weighted by atomic mass is 32.1. The van der Waals surface area contributed by atoms with Gasteiger partial charge >= 0.3 is 0 Å². The predicted octanol–water partition coefficient (Wildman–Crippen LogP) is 1.02. The maximum absolute atomic E-state index is 12.7. The number of carbonyl (C=O) groups is 2. The molecule has 8 nitrogen and oxygen atoms in total. The number of nitrogens with zero attached hydrogens (tertiary/aromatic N) is 6. The van der Waals surface area contributed by atoms with Crippen LogP contribution < -0.4 is 0 Å². The summed E-state index contributed by atoms with van der Waals surface area (Å²) in [4.78, 5) is 30.4. The second-order valence-electron chi connectivity index (χ2n) is 7.09. The lowest BCUT2D eigenvalue weighted by Gasteiger charge is -2.34. The number of aromatic nitrogens is 4. The van der Waals surface area contributed by atoms with Crippen molar-refractivity contribution >= 4 is 23.2 Å². The van der Waals surface area contributed by atoms with Crippen LogP contribution in [-0.2, 0) is 16.8 Å². The van der Waals surface area contributed by atoms with E-state index in [9.17, 15) is 9.59 Å². The predicted molar refractivity (Wildman–Crippen MR) is 93.3 cm³/mol. The zero-order valence-corrected chi connectivity index (χ0v) is 15.5. The van der Waals surface area contributed by atoms with Crippen molar-refractivity contribution in [2.75, 3.05) is 26.2 Å². The molecule has 2 aromatic heterocycles. The van der Waals surface area contributed by atoms with Gasteiger partial charge in [-0.15, -0.1) is 16.4 Å². The van der Waals surface area contributed by atoms with Crippen LogP contribution in [0.15, 0.2) is 18.5 Å². The third-order valence-electron chi connectivity index (χ3n) is 4.16. The maximum Gasteiger partial charge on any atom is 0.264 e. The molecule has 9 heteroatoms. The number of tetrazole rings is 1. The zero-order valence-electron chi connectivity index (χ0n) is 14.7. The van der Waals surface area contributed by atoms with E-state index in [1.165, 1.54) is 15.9 Å². The molecule has 0 unspecified atom stereocenters. The molecule has 3 heterocycles. The zero-order chi connectivity index (χ0) is 18.0. The summed E-state index contributed by atoms with van der Waals surface area (Å²) in [6.07, 6.45) is 1.42. The van der Waals surface area contributed by atoms with Gasteiger partial charge in [-0.3, -0.25) is 9.59 Å². The molecule has 0 aromatic carbocycles. The van der Waals surface area contributed by atoms with E-state index in [-0.39, 0.29) is 23.8 Å². The molecule has 0 saturated carbocycles. The highest BCUT2D eigenvalue weighted by Gasteiger charge is 2.27. The van der Waals surface area contributed by atoms with Crippen LogP contribution >= 0.6 is 11.3 Å². The second-order valence-corrected chi connectivity index (χ2v) is 8.18. The number of carbonyl (C=O) groups excluding carboxylic acids is 2. The molecule has 2 amide bonds. The Balaban J connectivity index is 1.55. The minimum atomic E-state index is -0.0365. The van der Waals surface area contributed by atoms with E-state index in [4.69, 9.17) is 0 Å². The van der Waals surface area contributed by atoms with Crippen molar-refractivity contribution in [3.8, 4) is 0 Å². The topological polar surface area (TPSA) is 84.2 Å². The monoisotopic (exact) mass is 362 g/mol. The Morgan fingerprint density at radius 1 is 1.12 bits per heavy atom. The summed E-state index contributed by atoms with van der Waals surface area (Å²) in [5, 5.41) is 10.7. The van der Waals surface area contributed by atoms with Gasteiger partial charge in [-0.05, 0) is 28.0 Å². The van der Waals surface area contributed by atoms with Gasteiger partial charge in [0.05, 0.1) is 4.88 Å². The molecule has 0 radical (unpaired) electrons. The number of rotatable bonds is 3. The van der Waals surface area contributed by atoms with Gasteiger partial charge < -0.3 is 9.80 Å². The van der Waals surface area contributed by atoms with Gasteiger partial charge in [0.1, 0.15) is 12.9 Å². The van der Waals surface area contributed by atoms with Crippen LogP contribution in [0.1, 0.15) is 35.3 Å². The normalized spacial score (nSPS) is 15.5. The number of piperazine rings is 1. The van der Waals surface area contributed by atoms with Crippen molar-refractivity contribution in [3.05, 3.63) is 28.2 Å². The van der Waals surface area contributed by atoms with E-state index < -0.39 is 0 Å². The molecule has 0 bridgehead atoms. The Kier molecular flexibility index (Phi) is 4.85. The van der Waals surface area contributed by atoms with Gasteiger partial charge in [-0.1, -0.05) is 20.8 Å². The molecule has 25 heavy (non-hydrogen) atoms. The first-order valence-corrected chi connectivity index (χ1v) is 9.04. The maximum atomic E-state index is 12.7. The summed E-state index contributed by atoms with van der Waals surface area (Å²) < 4.78 is 1.40. The fourth-order valence-corrected chi connectivity index (χ4v) is 3.69. The van der Waals surface area contributed by atoms with Gasteiger partial charge in [0, 0.05) is 31.1 Å². The average Bonchev–Trinajstić information content (AvgIpc) is 3.25. The molecule has 0 N–H and O–H groups in total. The summed E-state index contributed by atoms with van der Waals surface area (Å²) in [6.45, 7) is 8.70. The van der Waals surface area contributed by atoms with Crippen LogP contribution in [0.3, 0.4) is 0 Å². The van der Waals surface area contributed by atoms with Crippen LogP contribution in [0.4, 0.5) is 0 Å². The summed E-state index contributed by atoms with van der Waals surface area (Å²) in [5.41, 5.74) is 0.0462. The summed E-state index contributed by atoms with van der Waals surface area (Å²) in [5.74, 6) is 0.0126. The van der Waals surface area contributed by atoms with Gasteiger partial charge in [0.15, 0.2) is 0 Å². The van der Waals surface area contributed by atoms with Gasteiger partial charge in [0.2, 0.25) is 5.91 Å². The summed E-state index contributed by atoms with van der Waals surface area (Å²) in [7, 11) is 0. The highest BCUT2D eigenvalue weighted by Crippen LogP contribution is 2.30.